The quantitative estimate of drug-likeness (QED) is 0.121. The Morgan fingerprint density at radius 2 is 1.53 bits per heavy atom. The molecule has 4 aromatic carbocycles. The fourth-order valence-electron chi connectivity index (χ4n) is 4.78. The van der Waals surface area contributed by atoms with E-state index in [1.165, 1.54) is 24.3 Å². The lowest BCUT2D eigenvalue weighted by Crippen LogP contribution is -2.14. The number of aliphatic carboxylic acids is 1. The van der Waals surface area contributed by atoms with Crippen molar-refractivity contribution in [2.24, 2.45) is 0 Å². The van der Waals surface area contributed by atoms with Crippen molar-refractivity contribution in [1.82, 2.24) is 9.55 Å². The number of ether oxygens (including phenoxy) is 3. The van der Waals surface area contributed by atoms with Crippen LogP contribution in [0.4, 0.5) is 5.69 Å². The molecule has 0 aliphatic rings. The summed E-state index contributed by atoms with van der Waals surface area (Å²) in [6, 6.07) is 24.3. The SMILES string of the molecule is COc1ccc(-c2nc3cc(NS(=O)(=O)c4ccc(Cl)cc4)c(OCCCCCC(=O)O)cc3n2-c2ccc(OC)cc2)cc1. The molecule has 0 saturated heterocycles. The molecule has 0 spiro atoms. The van der Waals surface area contributed by atoms with Gasteiger partial charge >= 0.3 is 5.97 Å². The summed E-state index contributed by atoms with van der Waals surface area (Å²) in [5.74, 6) is 1.47. The predicted molar refractivity (Wildman–Crippen MR) is 173 cm³/mol. The molecule has 0 atom stereocenters. The molecule has 234 valence electrons. The molecule has 1 heterocycles. The number of unbranched alkanes of at least 4 members (excludes halogenated alkanes) is 2. The fourth-order valence-corrected chi connectivity index (χ4v) is 5.97. The van der Waals surface area contributed by atoms with Crippen LogP contribution in [0.3, 0.4) is 0 Å². The lowest BCUT2D eigenvalue weighted by Gasteiger charge is -2.15. The molecule has 0 aliphatic heterocycles. The number of halogens is 1. The second-order valence-electron chi connectivity index (χ2n) is 10.1. The predicted octanol–water partition coefficient (Wildman–Crippen LogP) is 7.19. The summed E-state index contributed by atoms with van der Waals surface area (Å²) >= 11 is 5.98. The first-order chi connectivity index (χ1) is 21.7. The van der Waals surface area contributed by atoms with Gasteiger partial charge in [-0.1, -0.05) is 11.6 Å². The molecule has 0 aliphatic carbocycles. The van der Waals surface area contributed by atoms with E-state index in [2.05, 4.69) is 4.72 Å². The van der Waals surface area contributed by atoms with Crippen LogP contribution in [0.5, 0.6) is 17.2 Å². The number of carboxylic acid groups (broad SMARTS) is 1. The number of nitrogens with one attached hydrogen (secondary N) is 1. The van der Waals surface area contributed by atoms with E-state index < -0.39 is 16.0 Å². The van der Waals surface area contributed by atoms with Crippen molar-refractivity contribution >= 4 is 44.3 Å². The van der Waals surface area contributed by atoms with Gasteiger partial charge in [-0.15, -0.1) is 0 Å². The van der Waals surface area contributed by atoms with E-state index in [4.69, 9.17) is 35.9 Å². The molecule has 5 rings (SSSR count). The van der Waals surface area contributed by atoms with Crippen LogP contribution < -0.4 is 18.9 Å². The maximum Gasteiger partial charge on any atom is 0.303 e. The Hall–Kier alpha value is -4.74. The van der Waals surface area contributed by atoms with Crippen molar-refractivity contribution in [2.75, 3.05) is 25.5 Å². The van der Waals surface area contributed by atoms with Gasteiger partial charge in [-0.05, 0) is 98.1 Å². The Balaban J connectivity index is 1.61. The van der Waals surface area contributed by atoms with E-state index in [1.54, 1.807) is 26.4 Å². The van der Waals surface area contributed by atoms with Crippen LogP contribution in [-0.4, -0.2) is 49.9 Å². The van der Waals surface area contributed by atoms with E-state index in [9.17, 15) is 13.2 Å². The molecule has 5 aromatic rings. The number of carbonyl (C=O) groups is 1. The van der Waals surface area contributed by atoms with Gasteiger partial charge in [-0.25, -0.2) is 13.4 Å². The average Bonchev–Trinajstić information content (AvgIpc) is 3.40. The summed E-state index contributed by atoms with van der Waals surface area (Å²) in [7, 11) is -0.811. The smallest absolute Gasteiger partial charge is 0.303 e. The number of anilines is 1. The van der Waals surface area contributed by atoms with Crippen molar-refractivity contribution in [3.8, 4) is 34.3 Å². The number of nitrogens with zero attached hydrogens (tertiary/aromatic N) is 2. The van der Waals surface area contributed by atoms with E-state index in [0.29, 0.717) is 58.4 Å². The number of rotatable bonds is 14. The van der Waals surface area contributed by atoms with Gasteiger partial charge in [0.15, 0.2) is 0 Å². The van der Waals surface area contributed by atoms with E-state index in [1.807, 2.05) is 53.1 Å². The lowest BCUT2D eigenvalue weighted by molar-refractivity contribution is -0.137. The number of methoxy groups -OCH3 is 2. The molecule has 2 N–H and O–H groups in total. The monoisotopic (exact) mass is 649 g/mol. The summed E-state index contributed by atoms with van der Waals surface area (Å²) in [5.41, 5.74) is 3.04. The van der Waals surface area contributed by atoms with Gasteiger partial charge in [0.1, 0.15) is 23.1 Å². The molecule has 12 heteroatoms. The Morgan fingerprint density at radius 1 is 0.889 bits per heavy atom. The van der Waals surface area contributed by atoms with Gasteiger partial charge < -0.3 is 19.3 Å². The molecule has 0 bridgehead atoms. The Bertz CT molecular complexity index is 1890. The van der Waals surface area contributed by atoms with Crippen molar-refractivity contribution in [3.05, 3.63) is 90.0 Å². The third kappa shape index (κ3) is 7.50. The fraction of sp³-hybridized carbons (Fsp3) is 0.212. The third-order valence-corrected chi connectivity index (χ3v) is 8.73. The zero-order valence-corrected chi connectivity index (χ0v) is 26.3. The van der Waals surface area contributed by atoms with Crippen LogP contribution in [0.2, 0.25) is 5.02 Å². The molecule has 0 saturated carbocycles. The first-order valence-corrected chi connectivity index (χ1v) is 16.0. The molecule has 0 amide bonds. The van der Waals surface area contributed by atoms with Crippen molar-refractivity contribution < 1.29 is 32.5 Å². The number of hydrogen-bond donors (Lipinski definition) is 2. The van der Waals surface area contributed by atoms with Gasteiger partial charge in [0.05, 0.1) is 42.4 Å². The van der Waals surface area contributed by atoms with Gasteiger partial charge in [0, 0.05) is 28.8 Å². The summed E-state index contributed by atoms with van der Waals surface area (Å²) in [5, 5.41) is 9.35. The number of aromatic nitrogens is 2. The first kappa shape index (κ1) is 31.7. The summed E-state index contributed by atoms with van der Waals surface area (Å²) in [4.78, 5) is 15.9. The van der Waals surface area contributed by atoms with Crippen molar-refractivity contribution in [2.45, 2.75) is 30.6 Å². The van der Waals surface area contributed by atoms with Crippen LogP contribution in [-0.2, 0) is 14.8 Å². The first-order valence-electron chi connectivity index (χ1n) is 14.2. The van der Waals surface area contributed by atoms with Crippen molar-refractivity contribution in [1.29, 1.82) is 0 Å². The van der Waals surface area contributed by atoms with E-state index >= 15 is 0 Å². The zero-order valence-electron chi connectivity index (χ0n) is 24.7. The third-order valence-electron chi connectivity index (χ3n) is 7.10. The minimum atomic E-state index is -4.01. The highest BCUT2D eigenvalue weighted by Gasteiger charge is 2.22. The molecular weight excluding hydrogens is 618 g/mol. The second kappa shape index (κ2) is 13.9. The summed E-state index contributed by atoms with van der Waals surface area (Å²) in [6.07, 6.45) is 1.83. The number of fused-ring (bicyclic) bond motifs is 1. The summed E-state index contributed by atoms with van der Waals surface area (Å²) < 4.78 is 48.3. The molecule has 10 nitrogen and oxygen atoms in total. The standard InChI is InChI=1S/C33H32ClN3O7S/c1-42-25-13-7-22(8-14-25)33-35-28-20-29(36-45(40,41)27-17-9-23(34)10-18-27)31(44-19-5-3-4-6-32(38)39)21-30(28)37(33)24-11-15-26(43-2)16-12-24/h7-18,20-21,36H,3-6,19H2,1-2H3,(H,38,39). The van der Waals surface area contributed by atoms with Crippen LogP contribution in [0, 0.1) is 0 Å². The highest BCUT2D eigenvalue weighted by Crippen LogP contribution is 2.37. The molecule has 0 fully saturated rings. The number of imidazole rings is 1. The molecule has 45 heavy (non-hydrogen) atoms. The molecule has 1 aromatic heterocycles. The van der Waals surface area contributed by atoms with Crippen LogP contribution in [0.15, 0.2) is 89.8 Å². The topological polar surface area (TPSA) is 129 Å². The number of sulfonamides is 1. The number of benzene rings is 4. The Labute approximate surface area is 266 Å². The number of carboxylic acids is 1. The maximum absolute atomic E-state index is 13.4. The highest BCUT2D eigenvalue weighted by molar-refractivity contribution is 7.92. The van der Waals surface area contributed by atoms with E-state index in [-0.39, 0.29) is 23.6 Å². The van der Waals surface area contributed by atoms with Crippen LogP contribution in [0.25, 0.3) is 28.1 Å². The molecular formula is C33H32ClN3O7S. The summed E-state index contributed by atoms with van der Waals surface area (Å²) in [6.45, 7) is 0.253. The Morgan fingerprint density at radius 3 is 2.16 bits per heavy atom. The van der Waals surface area contributed by atoms with Gasteiger partial charge in [-0.3, -0.25) is 14.1 Å². The second-order valence-corrected chi connectivity index (χ2v) is 12.3. The minimum absolute atomic E-state index is 0.0364. The van der Waals surface area contributed by atoms with Gasteiger partial charge in [0.2, 0.25) is 0 Å². The minimum Gasteiger partial charge on any atom is -0.497 e. The molecule has 0 radical (unpaired) electrons. The zero-order chi connectivity index (χ0) is 32.0. The Kier molecular flexibility index (Phi) is 9.80. The average molecular weight is 650 g/mol. The van der Waals surface area contributed by atoms with E-state index in [0.717, 1.165) is 11.3 Å². The largest absolute Gasteiger partial charge is 0.497 e. The van der Waals surface area contributed by atoms with Crippen molar-refractivity contribution in [3.63, 3.8) is 0 Å². The lowest BCUT2D eigenvalue weighted by atomic mass is 10.2. The van der Waals surface area contributed by atoms with Crippen LogP contribution in [0.1, 0.15) is 25.7 Å². The molecule has 0 unspecified atom stereocenters. The normalized spacial score (nSPS) is 11.4. The van der Waals surface area contributed by atoms with Gasteiger partial charge in [-0.2, -0.15) is 0 Å². The maximum atomic E-state index is 13.4. The number of hydrogen-bond acceptors (Lipinski definition) is 7. The highest BCUT2D eigenvalue weighted by atomic mass is 35.5. The van der Waals surface area contributed by atoms with Gasteiger partial charge in [0.25, 0.3) is 10.0 Å². The van der Waals surface area contributed by atoms with Crippen LogP contribution >= 0.6 is 11.6 Å².